The fraction of sp³-hybridized carbons (Fsp3) is 0.679. The molecule has 2 N–H and O–H groups in total. The second-order valence-electron chi connectivity index (χ2n) is 11.3. The molecule has 1 saturated carbocycles. The number of rotatable bonds is 2. The molecule has 1 aliphatic heterocycles. The number of nitrogens with zero attached hydrogens (tertiary/aromatic N) is 1. The molecule has 0 spiro atoms. The normalized spacial score (nSPS) is 36.7. The number of aromatic nitrogens is 1. The van der Waals surface area contributed by atoms with Crippen LogP contribution in [-0.4, -0.2) is 45.3 Å². The second kappa shape index (κ2) is 11.1. The number of ether oxygens (including phenoxy) is 1. The number of carbonyl (C=O) groups excluding carboxylic acids is 2. The van der Waals surface area contributed by atoms with Gasteiger partial charge >= 0.3 is 5.97 Å². The smallest absolute Gasteiger partial charge is 0.309 e. The van der Waals surface area contributed by atoms with Gasteiger partial charge in [-0.1, -0.05) is 39.3 Å². The number of fused-ring (bicyclic) bond motifs is 1. The van der Waals surface area contributed by atoms with Crippen molar-refractivity contribution >= 4 is 29.2 Å². The molecule has 0 aromatic carbocycles. The number of hydrogen-bond donors (Lipinski definition) is 2. The maximum atomic E-state index is 13.3. The van der Waals surface area contributed by atoms with Gasteiger partial charge in [-0.05, 0) is 63.0 Å². The predicted octanol–water partition coefficient (Wildman–Crippen LogP) is 5.12. The summed E-state index contributed by atoms with van der Waals surface area (Å²) in [6, 6.07) is 0. The van der Waals surface area contributed by atoms with Crippen molar-refractivity contribution in [3.63, 3.8) is 0 Å². The summed E-state index contributed by atoms with van der Waals surface area (Å²) in [5.74, 6) is -0.544. The van der Waals surface area contributed by atoms with Crippen LogP contribution < -0.4 is 0 Å². The minimum absolute atomic E-state index is 0.00272. The largest absolute Gasteiger partial charge is 0.457 e. The van der Waals surface area contributed by atoms with E-state index in [9.17, 15) is 19.8 Å². The van der Waals surface area contributed by atoms with Crippen LogP contribution in [0.1, 0.15) is 77.9 Å². The number of ketones is 1. The van der Waals surface area contributed by atoms with Crippen molar-refractivity contribution in [3.8, 4) is 0 Å². The Bertz CT molecular complexity index is 993. The summed E-state index contributed by atoms with van der Waals surface area (Å²) in [4.78, 5) is 30.7. The Balaban J connectivity index is 1.89. The van der Waals surface area contributed by atoms with E-state index >= 15 is 0 Å². The van der Waals surface area contributed by atoms with Gasteiger partial charge in [0.2, 0.25) is 0 Å². The van der Waals surface area contributed by atoms with Crippen LogP contribution in [0, 0.1) is 36.0 Å². The Labute approximate surface area is 213 Å². The van der Waals surface area contributed by atoms with Gasteiger partial charge in [0.1, 0.15) is 11.9 Å². The van der Waals surface area contributed by atoms with Crippen molar-refractivity contribution in [1.29, 1.82) is 0 Å². The topological polar surface area (TPSA) is 96.7 Å². The molecule has 194 valence electrons. The third-order valence-electron chi connectivity index (χ3n) is 8.00. The van der Waals surface area contributed by atoms with Crippen LogP contribution in [0.25, 0.3) is 6.08 Å². The van der Waals surface area contributed by atoms with E-state index in [0.717, 1.165) is 29.1 Å². The van der Waals surface area contributed by atoms with Crippen molar-refractivity contribution in [2.45, 2.75) is 92.5 Å². The zero-order valence-corrected chi connectivity index (χ0v) is 22.9. The molecule has 35 heavy (non-hydrogen) atoms. The van der Waals surface area contributed by atoms with E-state index in [2.05, 4.69) is 18.0 Å². The highest BCUT2D eigenvalue weighted by molar-refractivity contribution is 7.09. The zero-order valence-electron chi connectivity index (χ0n) is 22.1. The number of allylic oxidation sites excluding steroid dienone is 1. The van der Waals surface area contributed by atoms with Crippen molar-refractivity contribution in [2.75, 3.05) is 0 Å². The first-order valence-electron chi connectivity index (χ1n) is 12.7. The number of thiazole rings is 1. The van der Waals surface area contributed by atoms with Gasteiger partial charge in [0.25, 0.3) is 0 Å². The van der Waals surface area contributed by atoms with Gasteiger partial charge in [-0.3, -0.25) is 9.59 Å². The summed E-state index contributed by atoms with van der Waals surface area (Å²) in [6.45, 7) is 13.0. The monoisotopic (exact) mass is 503 g/mol. The molecule has 0 radical (unpaired) electrons. The predicted molar refractivity (Wildman–Crippen MR) is 139 cm³/mol. The van der Waals surface area contributed by atoms with E-state index in [1.54, 1.807) is 32.1 Å². The molecule has 2 aliphatic rings. The Kier molecular flexibility index (Phi) is 8.77. The molecule has 3 rings (SSSR count). The summed E-state index contributed by atoms with van der Waals surface area (Å²) >= 11 is 1.57. The lowest BCUT2D eigenvalue weighted by molar-refractivity contribution is -0.154. The van der Waals surface area contributed by atoms with Gasteiger partial charge in [0.05, 0.1) is 34.7 Å². The van der Waals surface area contributed by atoms with Crippen LogP contribution >= 0.6 is 11.3 Å². The lowest BCUT2D eigenvalue weighted by Gasteiger charge is -2.34. The van der Waals surface area contributed by atoms with E-state index in [0.29, 0.717) is 18.3 Å². The highest BCUT2D eigenvalue weighted by Crippen LogP contribution is 2.50. The van der Waals surface area contributed by atoms with E-state index in [4.69, 9.17) is 4.74 Å². The molecule has 1 fully saturated rings. The maximum Gasteiger partial charge on any atom is 0.309 e. The molecule has 6 nitrogen and oxygen atoms in total. The van der Waals surface area contributed by atoms with Crippen LogP contribution in [0.2, 0.25) is 0 Å². The molecule has 0 bridgehead atoms. The number of Topliss-reactive ketones (excluding diaryl/α,β-unsaturated/α-hetero) is 1. The minimum atomic E-state index is -1.21. The molecule has 7 heteroatoms. The number of carbonyl (C=O) groups is 2. The fourth-order valence-electron chi connectivity index (χ4n) is 5.29. The number of aliphatic hydroxyl groups is 2. The SMILES string of the molecule is C/C1=C/C[C@@H](/C(C)=C/c2csc(C)n2)OC(=O)C[C@H](O)C(C)(C)C(=O)[C@H](C)[C@@H](O)[C@@H](C)[C@@H]2C[C@@H]2C1. The minimum Gasteiger partial charge on any atom is -0.457 e. The van der Waals surface area contributed by atoms with Gasteiger partial charge < -0.3 is 14.9 Å². The van der Waals surface area contributed by atoms with Crippen molar-refractivity contribution in [3.05, 3.63) is 33.3 Å². The first-order valence-corrected chi connectivity index (χ1v) is 13.5. The highest BCUT2D eigenvalue weighted by atomic mass is 32.1. The number of esters is 1. The van der Waals surface area contributed by atoms with Crippen LogP contribution in [0.4, 0.5) is 0 Å². The molecular formula is C28H41NO5S. The van der Waals surface area contributed by atoms with Gasteiger partial charge in [-0.15, -0.1) is 11.3 Å². The molecule has 0 unspecified atom stereocenters. The molecule has 1 aromatic rings. The first-order chi connectivity index (χ1) is 16.3. The molecule has 7 atom stereocenters. The highest BCUT2D eigenvalue weighted by Gasteiger charge is 2.47. The zero-order chi connectivity index (χ0) is 26.1. The summed E-state index contributed by atoms with van der Waals surface area (Å²) in [6.07, 6.45) is 3.83. The first kappa shape index (κ1) is 27.8. The lowest BCUT2D eigenvalue weighted by atomic mass is 9.72. The van der Waals surface area contributed by atoms with Crippen molar-refractivity contribution in [1.82, 2.24) is 4.98 Å². The van der Waals surface area contributed by atoms with E-state index in [1.165, 1.54) is 5.57 Å². The molecule has 0 amide bonds. The second-order valence-corrected chi connectivity index (χ2v) is 12.3. The van der Waals surface area contributed by atoms with Crippen molar-refractivity contribution in [2.24, 2.45) is 29.1 Å². The van der Waals surface area contributed by atoms with Crippen LogP contribution in [-0.2, 0) is 14.3 Å². The van der Waals surface area contributed by atoms with E-state index in [-0.39, 0.29) is 18.1 Å². The Morgan fingerprint density at radius 2 is 1.89 bits per heavy atom. The summed E-state index contributed by atoms with van der Waals surface area (Å²) in [5.41, 5.74) is 1.76. The average Bonchev–Trinajstić information content (AvgIpc) is 3.43. The maximum absolute atomic E-state index is 13.3. The number of aryl methyl sites for hydroxylation is 1. The van der Waals surface area contributed by atoms with Crippen molar-refractivity contribution < 1.29 is 24.5 Å². The summed E-state index contributed by atoms with van der Waals surface area (Å²) in [7, 11) is 0. The lowest BCUT2D eigenvalue weighted by Crippen LogP contribution is -2.46. The Hall–Kier alpha value is -1.83. The third-order valence-corrected chi connectivity index (χ3v) is 8.80. The molecular weight excluding hydrogens is 462 g/mol. The average molecular weight is 504 g/mol. The van der Waals surface area contributed by atoms with Gasteiger partial charge in [-0.2, -0.15) is 0 Å². The summed E-state index contributed by atoms with van der Waals surface area (Å²) in [5, 5.41) is 24.8. The quantitative estimate of drug-likeness (QED) is 0.429. The summed E-state index contributed by atoms with van der Waals surface area (Å²) < 4.78 is 5.84. The van der Waals surface area contributed by atoms with E-state index in [1.807, 2.05) is 32.2 Å². The fourth-order valence-corrected chi connectivity index (χ4v) is 5.86. The van der Waals surface area contributed by atoms with Crippen LogP contribution in [0.15, 0.2) is 22.6 Å². The Morgan fingerprint density at radius 1 is 1.20 bits per heavy atom. The van der Waals surface area contributed by atoms with Crippen LogP contribution in [0.3, 0.4) is 0 Å². The van der Waals surface area contributed by atoms with E-state index < -0.39 is 35.6 Å². The number of cyclic esters (lactones) is 1. The molecule has 1 aliphatic carbocycles. The third kappa shape index (κ3) is 6.69. The number of aliphatic hydroxyl groups excluding tert-OH is 2. The molecule has 2 heterocycles. The van der Waals surface area contributed by atoms with Gasteiger partial charge in [0, 0.05) is 17.7 Å². The number of hydrogen-bond acceptors (Lipinski definition) is 7. The van der Waals surface area contributed by atoms with Crippen LogP contribution in [0.5, 0.6) is 0 Å². The van der Waals surface area contributed by atoms with Gasteiger partial charge in [0.15, 0.2) is 0 Å². The standard InChI is InChI=1S/C28H41NO5S/c1-15-8-9-23(16(2)11-21-14-35-19(5)29-21)34-25(31)13-24(30)28(6,7)27(33)18(4)26(32)17(3)22-12-20(22)10-15/h8,11,14,17-18,20,22-24,26,30,32H,9-10,12-13H2,1-7H3/b15-8-,16-11+/t17-,18+,20-,22-,23-,24-,26-/m0/s1. The Morgan fingerprint density at radius 3 is 2.51 bits per heavy atom. The molecule has 0 saturated heterocycles. The van der Waals surface area contributed by atoms with Gasteiger partial charge in [-0.25, -0.2) is 4.98 Å². The molecule has 1 aromatic heterocycles.